The zero-order valence-corrected chi connectivity index (χ0v) is 11.6. The molecule has 106 valence electrons. The van der Waals surface area contributed by atoms with Crippen molar-refractivity contribution in [3.05, 3.63) is 30.1 Å². The van der Waals surface area contributed by atoms with Gasteiger partial charge in [-0.2, -0.15) is 5.26 Å². The number of para-hydroxylation sites is 1. The van der Waals surface area contributed by atoms with Crippen LogP contribution in [0.1, 0.15) is 6.92 Å². The first-order chi connectivity index (χ1) is 9.52. The average molecular weight is 296 g/mol. The molecule has 0 aliphatic carbocycles. The fourth-order valence-electron chi connectivity index (χ4n) is 1.23. The molecule has 0 aliphatic rings. The molecule has 0 radical (unpaired) electrons. The minimum atomic E-state index is -0.810. The van der Waals surface area contributed by atoms with E-state index in [0.29, 0.717) is 0 Å². The van der Waals surface area contributed by atoms with Crippen LogP contribution >= 0.6 is 11.8 Å². The highest BCUT2D eigenvalue weighted by Crippen LogP contribution is 2.13. The van der Waals surface area contributed by atoms with Crippen molar-refractivity contribution in [3.63, 3.8) is 0 Å². The van der Waals surface area contributed by atoms with E-state index in [-0.39, 0.29) is 17.2 Å². The first-order valence-electron chi connectivity index (χ1n) is 5.74. The van der Waals surface area contributed by atoms with Crippen LogP contribution < -0.4 is 5.32 Å². The highest BCUT2D eigenvalue weighted by atomic mass is 32.2. The molecule has 0 unspecified atom stereocenters. The van der Waals surface area contributed by atoms with Crippen LogP contribution in [0.2, 0.25) is 0 Å². The highest BCUT2D eigenvalue weighted by molar-refractivity contribution is 8.00. The van der Waals surface area contributed by atoms with Gasteiger partial charge in [0, 0.05) is 0 Å². The number of hydrogen-bond donors (Lipinski definition) is 1. The number of ether oxygens (including phenoxy) is 1. The number of nitrogens with zero attached hydrogens (tertiary/aromatic N) is 1. The molecule has 5 nitrogen and oxygen atoms in total. The van der Waals surface area contributed by atoms with Gasteiger partial charge in [-0.25, -0.2) is 4.39 Å². The number of esters is 1. The Bertz CT molecular complexity index is 531. The van der Waals surface area contributed by atoms with Gasteiger partial charge >= 0.3 is 5.97 Å². The Labute approximate surface area is 120 Å². The van der Waals surface area contributed by atoms with E-state index >= 15 is 0 Å². The molecule has 0 aliphatic heterocycles. The summed E-state index contributed by atoms with van der Waals surface area (Å²) in [5.41, 5.74) is 0.0961. The summed E-state index contributed by atoms with van der Waals surface area (Å²) < 4.78 is 18.0. The zero-order valence-electron chi connectivity index (χ0n) is 10.8. The van der Waals surface area contributed by atoms with Gasteiger partial charge in [0.1, 0.15) is 11.9 Å². The van der Waals surface area contributed by atoms with Crippen molar-refractivity contribution in [2.75, 3.05) is 16.8 Å². The van der Waals surface area contributed by atoms with Crippen molar-refractivity contribution in [2.24, 2.45) is 0 Å². The molecule has 0 saturated carbocycles. The topological polar surface area (TPSA) is 79.2 Å². The number of amides is 1. The van der Waals surface area contributed by atoms with Gasteiger partial charge in [0.2, 0.25) is 5.91 Å². The Morgan fingerprint density at radius 2 is 2.15 bits per heavy atom. The van der Waals surface area contributed by atoms with Gasteiger partial charge in [-0.1, -0.05) is 12.1 Å². The lowest BCUT2D eigenvalue weighted by atomic mass is 10.3. The van der Waals surface area contributed by atoms with E-state index in [4.69, 9.17) is 10.00 Å². The summed E-state index contributed by atoms with van der Waals surface area (Å²) in [6, 6.07) is 7.57. The van der Waals surface area contributed by atoms with Gasteiger partial charge in [-0.05, 0) is 19.1 Å². The van der Waals surface area contributed by atoms with Crippen molar-refractivity contribution < 1.29 is 18.7 Å². The second kappa shape index (κ2) is 8.17. The fraction of sp³-hybridized carbons (Fsp3) is 0.308. The first kappa shape index (κ1) is 16.0. The van der Waals surface area contributed by atoms with Crippen molar-refractivity contribution in [1.29, 1.82) is 5.26 Å². The second-order valence-electron chi connectivity index (χ2n) is 3.78. The minimum absolute atomic E-state index is 0.00955. The van der Waals surface area contributed by atoms with Crippen molar-refractivity contribution >= 4 is 29.3 Å². The van der Waals surface area contributed by atoms with Gasteiger partial charge in [0.25, 0.3) is 0 Å². The van der Waals surface area contributed by atoms with Gasteiger partial charge < -0.3 is 10.1 Å². The molecule has 1 atom stereocenters. The third kappa shape index (κ3) is 5.71. The number of hydrogen-bond acceptors (Lipinski definition) is 5. The van der Waals surface area contributed by atoms with E-state index in [1.165, 1.54) is 25.1 Å². The standard InChI is InChI=1S/C13H13FN2O3S/c1-9(6-15)19-13(18)8-20-7-12(17)16-11-5-3-2-4-10(11)14/h2-5,9H,7-8H2,1H3,(H,16,17)/t9-/m0/s1. The van der Waals surface area contributed by atoms with Crippen LogP contribution in [0.4, 0.5) is 10.1 Å². The van der Waals surface area contributed by atoms with Crippen LogP contribution in [0.3, 0.4) is 0 Å². The van der Waals surface area contributed by atoms with E-state index in [9.17, 15) is 14.0 Å². The summed E-state index contributed by atoms with van der Waals surface area (Å²) in [5, 5.41) is 10.9. The van der Waals surface area contributed by atoms with Gasteiger partial charge in [0.15, 0.2) is 6.10 Å². The Kier molecular flexibility index (Phi) is 6.53. The molecule has 20 heavy (non-hydrogen) atoms. The molecular weight excluding hydrogens is 283 g/mol. The molecular formula is C13H13FN2O3S. The molecule has 0 fully saturated rings. The van der Waals surface area contributed by atoms with Gasteiger partial charge in [-0.15, -0.1) is 11.8 Å². The maximum absolute atomic E-state index is 13.3. The maximum Gasteiger partial charge on any atom is 0.317 e. The second-order valence-corrected chi connectivity index (χ2v) is 4.77. The number of carbonyl (C=O) groups excluding carboxylic acids is 2. The number of halogens is 1. The van der Waals surface area contributed by atoms with Crippen LogP contribution in [-0.4, -0.2) is 29.5 Å². The zero-order chi connectivity index (χ0) is 15.0. The molecule has 0 heterocycles. The van der Waals surface area contributed by atoms with Crippen LogP contribution in [0.25, 0.3) is 0 Å². The normalized spacial score (nSPS) is 11.2. The predicted molar refractivity (Wildman–Crippen MR) is 73.5 cm³/mol. The minimum Gasteiger partial charge on any atom is -0.447 e. The highest BCUT2D eigenvalue weighted by Gasteiger charge is 2.11. The Hall–Kier alpha value is -2.07. The van der Waals surface area contributed by atoms with Crippen molar-refractivity contribution in [3.8, 4) is 6.07 Å². The lowest BCUT2D eigenvalue weighted by Gasteiger charge is -2.07. The molecule has 7 heteroatoms. The van der Waals surface area contributed by atoms with Crippen LogP contribution in [0.15, 0.2) is 24.3 Å². The van der Waals surface area contributed by atoms with Gasteiger partial charge in [0.05, 0.1) is 17.2 Å². The number of rotatable bonds is 6. The smallest absolute Gasteiger partial charge is 0.317 e. The van der Waals surface area contributed by atoms with Crippen molar-refractivity contribution in [2.45, 2.75) is 13.0 Å². The quantitative estimate of drug-likeness (QED) is 0.812. The molecule has 1 aromatic rings. The molecule has 0 saturated heterocycles. The van der Waals surface area contributed by atoms with Crippen LogP contribution in [-0.2, 0) is 14.3 Å². The fourth-order valence-corrected chi connectivity index (χ4v) is 1.83. The van der Waals surface area contributed by atoms with E-state index < -0.39 is 23.8 Å². The average Bonchev–Trinajstić information content (AvgIpc) is 2.41. The molecule has 1 aromatic carbocycles. The summed E-state index contributed by atoms with van der Waals surface area (Å²) in [6.45, 7) is 1.45. The lowest BCUT2D eigenvalue weighted by molar-refractivity contribution is -0.142. The molecule has 0 spiro atoms. The van der Waals surface area contributed by atoms with E-state index in [0.717, 1.165) is 11.8 Å². The Balaban J connectivity index is 2.29. The molecule has 0 bridgehead atoms. The van der Waals surface area contributed by atoms with Crippen LogP contribution in [0, 0.1) is 17.1 Å². The largest absolute Gasteiger partial charge is 0.447 e. The summed E-state index contributed by atoms with van der Waals surface area (Å²) in [5.74, 6) is -1.56. The van der Waals surface area contributed by atoms with E-state index in [1.807, 2.05) is 0 Å². The number of nitriles is 1. The Morgan fingerprint density at radius 1 is 1.45 bits per heavy atom. The summed E-state index contributed by atoms with van der Waals surface area (Å²) in [4.78, 5) is 22.7. The monoisotopic (exact) mass is 296 g/mol. The Morgan fingerprint density at radius 3 is 2.80 bits per heavy atom. The third-order valence-corrected chi connectivity index (χ3v) is 3.00. The predicted octanol–water partition coefficient (Wildman–Crippen LogP) is 1.95. The molecule has 0 aromatic heterocycles. The molecule has 1 amide bonds. The van der Waals surface area contributed by atoms with E-state index in [1.54, 1.807) is 12.1 Å². The number of thioether (sulfide) groups is 1. The maximum atomic E-state index is 13.3. The van der Waals surface area contributed by atoms with Gasteiger partial charge in [-0.3, -0.25) is 9.59 Å². The number of anilines is 1. The molecule has 1 rings (SSSR count). The van der Waals surface area contributed by atoms with Crippen molar-refractivity contribution in [1.82, 2.24) is 0 Å². The lowest BCUT2D eigenvalue weighted by Crippen LogP contribution is -2.18. The summed E-state index contributed by atoms with van der Waals surface area (Å²) in [7, 11) is 0. The van der Waals surface area contributed by atoms with Crippen LogP contribution in [0.5, 0.6) is 0 Å². The SMILES string of the molecule is C[C@@H](C#N)OC(=O)CSCC(=O)Nc1ccccc1F. The molecule has 1 N–H and O–H groups in total. The summed E-state index contributed by atoms with van der Waals surface area (Å²) >= 11 is 1.03. The third-order valence-electron chi connectivity index (χ3n) is 2.09. The number of nitrogens with one attached hydrogen (secondary N) is 1. The number of benzene rings is 1. The summed E-state index contributed by atoms with van der Waals surface area (Å²) in [6.07, 6.45) is -0.810. The van der Waals surface area contributed by atoms with E-state index in [2.05, 4.69) is 5.32 Å². The number of carbonyl (C=O) groups is 2. The first-order valence-corrected chi connectivity index (χ1v) is 6.89.